The van der Waals surface area contributed by atoms with Gasteiger partial charge in [-0.1, -0.05) is 36.4 Å². The number of nitro benzene ring substituents is 1. The van der Waals surface area contributed by atoms with Gasteiger partial charge in [-0.25, -0.2) is 0 Å². The van der Waals surface area contributed by atoms with Crippen molar-refractivity contribution in [1.82, 2.24) is 0 Å². The zero-order valence-corrected chi connectivity index (χ0v) is 20.2. The van der Waals surface area contributed by atoms with Crippen LogP contribution in [0.3, 0.4) is 0 Å². The summed E-state index contributed by atoms with van der Waals surface area (Å²) in [5.41, 5.74) is 7.29. The Bertz CT molecular complexity index is 1430. The average molecular weight is 568 g/mol. The number of nitrogens with zero attached hydrogens (tertiary/aromatic N) is 1. The van der Waals surface area contributed by atoms with Gasteiger partial charge in [0, 0.05) is 18.9 Å². The molecule has 0 saturated heterocycles. The highest BCUT2D eigenvalue weighted by molar-refractivity contribution is 5.74. The number of alkyl halides is 6. The molecule has 0 heterocycles. The Kier molecular flexibility index (Phi) is 9.27. The Labute approximate surface area is 224 Å². The van der Waals surface area contributed by atoms with Crippen LogP contribution < -0.4 is 25.8 Å². The van der Waals surface area contributed by atoms with Crippen LogP contribution in [0.25, 0.3) is 0 Å². The Balaban J connectivity index is 0.000000281. The molecule has 4 N–H and O–H groups in total. The van der Waals surface area contributed by atoms with Crippen LogP contribution in [0.4, 0.5) is 60.5 Å². The van der Waals surface area contributed by atoms with Crippen LogP contribution in [0.1, 0.15) is 1.43 Å². The van der Waals surface area contributed by atoms with Gasteiger partial charge in [0.2, 0.25) is 0 Å². The summed E-state index contributed by atoms with van der Waals surface area (Å²) in [4.78, 5) is 10.2. The van der Waals surface area contributed by atoms with Crippen molar-refractivity contribution in [2.45, 2.75) is 12.7 Å². The molecule has 4 aromatic carbocycles. The molecule has 0 saturated carbocycles. The fourth-order valence-electron chi connectivity index (χ4n) is 3.17. The Morgan fingerprint density at radius 2 is 1.10 bits per heavy atom. The van der Waals surface area contributed by atoms with Gasteiger partial charge >= 0.3 is 12.7 Å². The normalized spacial score (nSPS) is 11.1. The molecule has 0 aliphatic heterocycles. The van der Waals surface area contributed by atoms with Gasteiger partial charge in [-0.05, 0) is 48.5 Å². The molecule has 40 heavy (non-hydrogen) atoms. The molecule has 0 unspecified atom stereocenters. The molecular weight excluding hydrogens is 546 g/mol. The molecule has 0 spiro atoms. The monoisotopic (exact) mass is 568 g/mol. The topological polar surface area (TPSA) is 112 Å². The van der Waals surface area contributed by atoms with Crippen LogP contribution in [0.5, 0.6) is 11.5 Å². The molecule has 0 aromatic heterocycles. The highest BCUT2D eigenvalue weighted by Gasteiger charge is 2.32. The fourth-order valence-corrected chi connectivity index (χ4v) is 3.17. The van der Waals surface area contributed by atoms with Crippen molar-refractivity contribution in [3.63, 3.8) is 0 Å². The zero-order valence-electron chi connectivity index (χ0n) is 20.2. The highest BCUT2D eigenvalue weighted by Crippen LogP contribution is 2.34. The smallest absolute Gasteiger partial charge is 0.406 e. The predicted molar refractivity (Wildman–Crippen MR) is 139 cm³/mol. The second-order valence-electron chi connectivity index (χ2n) is 7.76. The van der Waals surface area contributed by atoms with E-state index >= 15 is 0 Å². The summed E-state index contributed by atoms with van der Waals surface area (Å²) in [6, 6.07) is 24.3. The molecule has 0 atom stereocenters. The van der Waals surface area contributed by atoms with Crippen LogP contribution in [-0.2, 0) is 0 Å². The lowest BCUT2D eigenvalue weighted by atomic mass is 10.2. The number of nitrogens with two attached hydrogens (primary N) is 1. The maximum absolute atomic E-state index is 12.1. The number of nitrogens with one attached hydrogen (secondary N) is 2. The van der Waals surface area contributed by atoms with E-state index in [0.29, 0.717) is 11.4 Å². The third-order valence-corrected chi connectivity index (χ3v) is 4.76. The average Bonchev–Trinajstić information content (AvgIpc) is 2.86. The Morgan fingerprint density at radius 3 is 1.52 bits per heavy atom. The lowest BCUT2D eigenvalue weighted by Gasteiger charge is -2.12. The van der Waals surface area contributed by atoms with E-state index < -0.39 is 29.1 Å². The van der Waals surface area contributed by atoms with E-state index in [0.717, 1.165) is 30.0 Å². The van der Waals surface area contributed by atoms with Gasteiger partial charge in [-0.2, -0.15) is 0 Å². The van der Waals surface area contributed by atoms with E-state index in [2.05, 4.69) is 20.1 Å². The van der Waals surface area contributed by atoms with Gasteiger partial charge in [0.25, 0.3) is 5.69 Å². The fraction of sp³-hybridized carbons (Fsp3) is 0.0769. The highest BCUT2D eigenvalue weighted by atomic mass is 19.4. The van der Waals surface area contributed by atoms with Gasteiger partial charge in [-0.15, -0.1) is 26.3 Å². The van der Waals surface area contributed by atoms with Gasteiger partial charge in [0.15, 0.2) is 0 Å². The zero-order chi connectivity index (χ0) is 29.3. The number of hydrogen-bond donors (Lipinski definition) is 3. The maximum Gasteiger partial charge on any atom is 0.573 e. The molecule has 4 aromatic rings. The summed E-state index contributed by atoms with van der Waals surface area (Å²) in [6.07, 6.45) is -9.62. The molecule has 0 radical (unpaired) electrons. The first-order valence-corrected chi connectivity index (χ1v) is 11.1. The second kappa shape index (κ2) is 12.6. The van der Waals surface area contributed by atoms with E-state index in [9.17, 15) is 36.5 Å². The van der Waals surface area contributed by atoms with Crippen molar-refractivity contribution in [3.8, 4) is 11.5 Å². The Hall–Kier alpha value is -5.14. The van der Waals surface area contributed by atoms with Crippen LogP contribution in [-0.4, -0.2) is 17.6 Å². The van der Waals surface area contributed by atoms with Crippen molar-refractivity contribution in [2.24, 2.45) is 0 Å². The summed E-state index contributed by atoms with van der Waals surface area (Å²) in [5, 5.41) is 16.7. The minimum Gasteiger partial charge on any atom is -0.406 e. The molecule has 0 bridgehead atoms. The van der Waals surface area contributed by atoms with Gasteiger partial charge in [0.05, 0.1) is 22.4 Å². The molecule has 4 rings (SSSR count). The molecule has 14 heteroatoms. The number of para-hydroxylation sites is 2. The minimum absolute atomic E-state index is 0. The first-order valence-electron chi connectivity index (χ1n) is 11.1. The van der Waals surface area contributed by atoms with Crippen molar-refractivity contribution in [3.05, 3.63) is 107 Å². The van der Waals surface area contributed by atoms with Crippen molar-refractivity contribution >= 4 is 34.1 Å². The van der Waals surface area contributed by atoms with E-state index in [-0.39, 0.29) is 18.6 Å². The van der Waals surface area contributed by atoms with Crippen LogP contribution in [0.2, 0.25) is 0 Å². The summed E-state index contributed by atoms with van der Waals surface area (Å²) >= 11 is 0. The lowest BCUT2D eigenvalue weighted by molar-refractivity contribution is -0.384. The molecule has 0 amide bonds. The SMILES string of the molecule is Nc1cc(OC(F)(F)F)ccc1Nc1ccccc1.O=[N+]([O-])c1cc(OC(F)(F)F)ccc1Nc1ccccc1.[HH]. The summed E-state index contributed by atoms with van der Waals surface area (Å²) in [6.45, 7) is 0. The number of hydrogen-bond acceptors (Lipinski definition) is 7. The van der Waals surface area contributed by atoms with Crippen LogP contribution in [0.15, 0.2) is 97.1 Å². The Morgan fingerprint density at radius 1 is 0.675 bits per heavy atom. The number of anilines is 5. The van der Waals surface area contributed by atoms with E-state index in [1.165, 1.54) is 12.1 Å². The van der Waals surface area contributed by atoms with Crippen LogP contribution in [0, 0.1) is 10.1 Å². The number of nitrogen functional groups attached to an aromatic ring is 1. The van der Waals surface area contributed by atoms with Gasteiger partial charge in [0.1, 0.15) is 17.2 Å². The number of rotatable bonds is 7. The molecule has 212 valence electrons. The van der Waals surface area contributed by atoms with Gasteiger partial charge < -0.3 is 25.8 Å². The van der Waals surface area contributed by atoms with E-state index in [1.54, 1.807) is 30.3 Å². The summed E-state index contributed by atoms with van der Waals surface area (Å²) in [7, 11) is 0. The maximum atomic E-state index is 12.1. The second-order valence-corrected chi connectivity index (χ2v) is 7.76. The molecule has 8 nitrogen and oxygen atoms in total. The molecule has 0 fully saturated rings. The van der Waals surface area contributed by atoms with Crippen molar-refractivity contribution in [1.29, 1.82) is 0 Å². The third kappa shape index (κ3) is 9.63. The minimum atomic E-state index is -4.90. The molecule has 0 aliphatic carbocycles. The standard InChI is InChI=1S/C13H9F3N2O3.C13H11F3N2O.H2/c14-13(15,16)21-10-6-7-11(12(8-10)18(19)20)17-9-4-2-1-3-5-9;14-13(15,16)19-10-6-7-12(11(17)8-10)18-9-4-2-1-3-5-9;/h1-8,17H;1-8,18H,17H2;1H. The molecular formula is C26H22F6N4O4. The summed E-state index contributed by atoms with van der Waals surface area (Å²) in [5.74, 6) is -0.989. The number of halogens is 6. The van der Waals surface area contributed by atoms with E-state index in [4.69, 9.17) is 5.73 Å². The number of nitro groups is 1. The molecule has 0 aliphatic rings. The van der Waals surface area contributed by atoms with Crippen molar-refractivity contribution < 1.29 is 42.2 Å². The quantitative estimate of drug-likeness (QED) is 0.0888. The predicted octanol–water partition coefficient (Wildman–Crippen LogP) is 8.39. The van der Waals surface area contributed by atoms with E-state index in [1.807, 2.05) is 30.3 Å². The third-order valence-electron chi connectivity index (χ3n) is 4.76. The first-order chi connectivity index (χ1) is 18.8. The van der Waals surface area contributed by atoms with Crippen molar-refractivity contribution in [2.75, 3.05) is 16.4 Å². The lowest BCUT2D eigenvalue weighted by Crippen LogP contribution is -2.17. The van der Waals surface area contributed by atoms with Gasteiger partial charge in [-0.3, -0.25) is 10.1 Å². The first kappa shape index (κ1) is 29.4. The largest absolute Gasteiger partial charge is 0.573 e. The summed E-state index contributed by atoms with van der Waals surface area (Å²) < 4.78 is 79.9. The number of ether oxygens (including phenoxy) is 2. The van der Waals surface area contributed by atoms with Crippen LogP contribution >= 0.6 is 0 Å². The number of benzene rings is 4.